The van der Waals surface area contributed by atoms with Gasteiger partial charge in [0.2, 0.25) is 0 Å². The van der Waals surface area contributed by atoms with Crippen molar-refractivity contribution in [1.29, 1.82) is 5.26 Å². The fourth-order valence-corrected chi connectivity index (χ4v) is 2.12. The molecule has 1 N–H and O–H groups in total. The molecule has 76 valence electrons. The highest BCUT2D eigenvalue weighted by Gasteiger charge is 2.08. The molecule has 0 amide bonds. The van der Waals surface area contributed by atoms with Crippen LogP contribution >= 0.6 is 15.9 Å². The third-order valence-electron chi connectivity index (χ3n) is 2.31. The maximum absolute atomic E-state index is 8.69. The van der Waals surface area contributed by atoms with E-state index in [0.717, 1.165) is 26.7 Å². The van der Waals surface area contributed by atoms with Gasteiger partial charge >= 0.3 is 0 Å². The molecular weight excluding hydrogens is 256 g/mol. The van der Waals surface area contributed by atoms with E-state index in [4.69, 9.17) is 10.00 Å². The standard InChI is InChI=1S/C11H9BrN2O/c1-15-8-4-9-7(2-3-13)6-14-11(9)10(12)5-8/h4-6,14H,2H2,1H3. The minimum Gasteiger partial charge on any atom is -0.497 e. The van der Waals surface area contributed by atoms with E-state index in [1.54, 1.807) is 7.11 Å². The quantitative estimate of drug-likeness (QED) is 0.907. The highest BCUT2D eigenvalue weighted by Crippen LogP contribution is 2.30. The number of aromatic amines is 1. The number of rotatable bonds is 2. The minimum absolute atomic E-state index is 0.402. The number of hydrogen-bond donors (Lipinski definition) is 1. The lowest BCUT2D eigenvalue weighted by Gasteiger charge is -2.02. The molecule has 0 aliphatic rings. The van der Waals surface area contributed by atoms with E-state index >= 15 is 0 Å². The molecule has 0 atom stereocenters. The first-order valence-corrected chi connectivity index (χ1v) is 5.26. The van der Waals surface area contributed by atoms with E-state index in [9.17, 15) is 0 Å². The summed E-state index contributed by atoms with van der Waals surface area (Å²) in [4.78, 5) is 3.14. The topological polar surface area (TPSA) is 48.8 Å². The molecule has 1 aromatic heterocycles. The molecule has 3 nitrogen and oxygen atoms in total. The first-order chi connectivity index (χ1) is 7.26. The summed E-state index contributed by atoms with van der Waals surface area (Å²) in [5.74, 6) is 0.785. The summed E-state index contributed by atoms with van der Waals surface area (Å²) < 4.78 is 6.12. The molecule has 15 heavy (non-hydrogen) atoms. The van der Waals surface area contributed by atoms with E-state index in [1.807, 2.05) is 18.3 Å². The Morgan fingerprint density at radius 1 is 1.53 bits per heavy atom. The van der Waals surface area contributed by atoms with Crippen LogP contribution in [0.3, 0.4) is 0 Å². The summed E-state index contributed by atoms with van der Waals surface area (Å²) in [7, 11) is 1.63. The highest BCUT2D eigenvalue weighted by molar-refractivity contribution is 9.10. The second kappa shape index (κ2) is 3.95. The van der Waals surface area contributed by atoms with Gasteiger partial charge in [-0.25, -0.2) is 0 Å². The summed E-state index contributed by atoms with van der Waals surface area (Å²) in [6.45, 7) is 0. The molecule has 0 aliphatic heterocycles. The molecule has 0 aliphatic carbocycles. The van der Waals surface area contributed by atoms with Gasteiger partial charge in [-0.1, -0.05) is 0 Å². The first kappa shape index (κ1) is 10.1. The number of H-pyrrole nitrogens is 1. The Bertz CT molecular complexity index is 539. The number of aromatic nitrogens is 1. The van der Waals surface area contributed by atoms with E-state index < -0.39 is 0 Å². The van der Waals surface area contributed by atoms with Crippen LogP contribution in [0.4, 0.5) is 0 Å². The molecule has 0 bridgehead atoms. The molecule has 0 unspecified atom stereocenters. The lowest BCUT2D eigenvalue weighted by Crippen LogP contribution is -1.84. The molecule has 0 spiro atoms. The van der Waals surface area contributed by atoms with Crippen LogP contribution in [0.5, 0.6) is 5.75 Å². The Hall–Kier alpha value is -1.47. The van der Waals surface area contributed by atoms with Crippen molar-refractivity contribution in [3.8, 4) is 11.8 Å². The predicted octanol–water partition coefficient (Wildman–Crippen LogP) is 3.01. The number of nitriles is 1. The molecule has 2 rings (SSSR count). The van der Waals surface area contributed by atoms with Crippen LogP contribution in [-0.2, 0) is 6.42 Å². The van der Waals surface area contributed by atoms with Gasteiger partial charge in [0.25, 0.3) is 0 Å². The molecule has 1 aromatic carbocycles. The van der Waals surface area contributed by atoms with Crippen molar-refractivity contribution in [2.24, 2.45) is 0 Å². The van der Waals surface area contributed by atoms with Crippen molar-refractivity contribution in [2.75, 3.05) is 7.11 Å². The van der Waals surface area contributed by atoms with Crippen molar-refractivity contribution >= 4 is 26.8 Å². The maximum atomic E-state index is 8.69. The molecule has 0 saturated heterocycles. The van der Waals surface area contributed by atoms with Gasteiger partial charge < -0.3 is 9.72 Å². The maximum Gasteiger partial charge on any atom is 0.120 e. The van der Waals surface area contributed by atoms with Crippen LogP contribution in [0.2, 0.25) is 0 Å². The van der Waals surface area contributed by atoms with Crippen molar-refractivity contribution in [3.63, 3.8) is 0 Å². The van der Waals surface area contributed by atoms with Gasteiger partial charge in [-0.3, -0.25) is 0 Å². The molecule has 4 heteroatoms. The van der Waals surface area contributed by atoms with Crippen molar-refractivity contribution < 1.29 is 4.74 Å². The van der Waals surface area contributed by atoms with Crippen LogP contribution in [0.1, 0.15) is 5.56 Å². The van der Waals surface area contributed by atoms with Gasteiger partial charge in [-0.05, 0) is 33.6 Å². The van der Waals surface area contributed by atoms with Gasteiger partial charge in [0.15, 0.2) is 0 Å². The number of nitrogens with zero attached hydrogens (tertiary/aromatic N) is 1. The number of fused-ring (bicyclic) bond motifs is 1. The second-order valence-electron chi connectivity index (χ2n) is 3.18. The van der Waals surface area contributed by atoms with Crippen molar-refractivity contribution in [1.82, 2.24) is 4.98 Å². The second-order valence-corrected chi connectivity index (χ2v) is 4.03. The van der Waals surface area contributed by atoms with E-state index in [1.165, 1.54) is 0 Å². The molecule has 0 fully saturated rings. The Kier molecular flexibility index (Phi) is 2.65. The molecular formula is C11H9BrN2O. The first-order valence-electron chi connectivity index (χ1n) is 4.46. The Labute approximate surface area is 95.8 Å². The third kappa shape index (κ3) is 1.71. The summed E-state index contributed by atoms with van der Waals surface area (Å²) in [6, 6.07) is 5.97. The fourth-order valence-electron chi connectivity index (χ4n) is 1.57. The van der Waals surface area contributed by atoms with Gasteiger partial charge in [0.05, 0.1) is 25.1 Å². The van der Waals surface area contributed by atoms with Crippen LogP contribution in [0.25, 0.3) is 10.9 Å². The predicted molar refractivity (Wildman–Crippen MR) is 61.9 cm³/mol. The number of halogens is 1. The van der Waals surface area contributed by atoms with Gasteiger partial charge in [-0.2, -0.15) is 5.26 Å². The normalized spacial score (nSPS) is 10.2. The lowest BCUT2D eigenvalue weighted by atomic mass is 10.1. The number of nitrogens with one attached hydrogen (secondary N) is 1. The average Bonchev–Trinajstić information content (AvgIpc) is 2.63. The number of hydrogen-bond acceptors (Lipinski definition) is 2. The summed E-state index contributed by atoms with van der Waals surface area (Å²) in [5, 5.41) is 9.72. The Morgan fingerprint density at radius 3 is 3.00 bits per heavy atom. The Morgan fingerprint density at radius 2 is 2.33 bits per heavy atom. The van der Waals surface area contributed by atoms with Crippen LogP contribution in [-0.4, -0.2) is 12.1 Å². The Balaban J connectivity index is 2.68. The summed E-state index contributed by atoms with van der Waals surface area (Å²) in [6.07, 6.45) is 2.26. The minimum atomic E-state index is 0.402. The van der Waals surface area contributed by atoms with E-state index in [2.05, 4.69) is 27.0 Å². The van der Waals surface area contributed by atoms with Crippen molar-refractivity contribution in [3.05, 3.63) is 28.4 Å². The molecule has 2 aromatic rings. The average molecular weight is 265 g/mol. The lowest BCUT2D eigenvalue weighted by molar-refractivity contribution is 0.415. The van der Waals surface area contributed by atoms with Crippen LogP contribution in [0, 0.1) is 11.3 Å². The number of ether oxygens (including phenoxy) is 1. The van der Waals surface area contributed by atoms with Gasteiger partial charge in [-0.15, -0.1) is 0 Å². The highest BCUT2D eigenvalue weighted by atomic mass is 79.9. The van der Waals surface area contributed by atoms with E-state index in [0.29, 0.717) is 6.42 Å². The fraction of sp³-hybridized carbons (Fsp3) is 0.182. The zero-order valence-corrected chi connectivity index (χ0v) is 9.76. The smallest absolute Gasteiger partial charge is 0.120 e. The van der Waals surface area contributed by atoms with Gasteiger partial charge in [0.1, 0.15) is 5.75 Å². The molecule has 1 heterocycles. The van der Waals surface area contributed by atoms with E-state index in [-0.39, 0.29) is 0 Å². The van der Waals surface area contributed by atoms with Crippen LogP contribution < -0.4 is 4.74 Å². The SMILES string of the molecule is COc1cc(Br)c2[nH]cc(CC#N)c2c1. The number of methoxy groups -OCH3 is 1. The molecule has 0 saturated carbocycles. The zero-order chi connectivity index (χ0) is 10.8. The largest absolute Gasteiger partial charge is 0.497 e. The van der Waals surface area contributed by atoms with Crippen molar-refractivity contribution in [2.45, 2.75) is 6.42 Å². The van der Waals surface area contributed by atoms with Gasteiger partial charge in [0, 0.05) is 16.1 Å². The number of benzene rings is 1. The monoisotopic (exact) mass is 264 g/mol. The zero-order valence-electron chi connectivity index (χ0n) is 8.17. The summed E-state index contributed by atoms with van der Waals surface area (Å²) in [5.41, 5.74) is 1.99. The molecule has 0 radical (unpaired) electrons. The third-order valence-corrected chi connectivity index (χ3v) is 2.93. The van der Waals surface area contributed by atoms with Crippen LogP contribution in [0.15, 0.2) is 22.8 Å². The summed E-state index contributed by atoms with van der Waals surface area (Å²) >= 11 is 3.46.